The molecule has 7 heteroatoms. The van der Waals surface area contributed by atoms with Gasteiger partial charge in [-0.1, -0.05) is 0 Å². The molecule has 22 heavy (non-hydrogen) atoms. The Morgan fingerprint density at radius 3 is 2.55 bits per heavy atom. The number of hydrogen-bond donors (Lipinski definition) is 0. The number of Topliss-reactive ketones (excluding diaryl/α,β-unsaturated/α-hetero) is 1. The number of rotatable bonds is 6. The van der Waals surface area contributed by atoms with Gasteiger partial charge >= 0.3 is 157 Å². The van der Waals surface area contributed by atoms with Crippen LogP contribution in [0.2, 0.25) is 0 Å². The summed E-state index contributed by atoms with van der Waals surface area (Å²) in [6, 6.07) is 0. The van der Waals surface area contributed by atoms with Crippen LogP contribution < -0.4 is 0 Å². The van der Waals surface area contributed by atoms with Crippen LogP contribution in [0.1, 0.15) is 26.7 Å². The van der Waals surface area contributed by atoms with Crippen molar-refractivity contribution in [2.75, 3.05) is 0 Å². The summed E-state index contributed by atoms with van der Waals surface area (Å²) in [4.78, 5) is 37.7. The van der Waals surface area contributed by atoms with E-state index in [0.29, 0.717) is 39.7 Å². The second-order valence-corrected chi connectivity index (χ2v) is 8.78. The van der Waals surface area contributed by atoms with Gasteiger partial charge in [-0.3, -0.25) is 0 Å². The second-order valence-electron chi connectivity index (χ2n) is 5.54. The maximum atomic E-state index is 12.7. The first-order chi connectivity index (χ1) is 10.4. The molecule has 0 fully saturated rings. The van der Waals surface area contributed by atoms with Gasteiger partial charge in [0, 0.05) is 0 Å². The van der Waals surface area contributed by atoms with Crippen molar-refractivity contribution < 1.29 is 59.4 Å². The first kappa shape index (κ1) is 17.9. The zero-order valence-corrected chi connectivity index (χ0v) is 18.2. The molecule has 2 amide bonds. The maximum absolute atomic E-state index is 12.7. The molecule has 0 radical (unpaired) electrons. The van der Waals surface area contributed by atoms with Crippen molar-refractivity contribution in [3.05, 3.63) is 34.2 Å². The third-order valence-corrected chi connectivity index (χ3v) is 8.23. The van der Waals surface area contributed by atoms with Crippen molar-refractivity contribution in [1.82, 2.24) is 4.90 Å². The molecule has 2 aliphatic heterocycles. The predicted octanol–water partition coefficient (Wildman–Crippen LogP) is 0.606. The van der Waals surface area contributed by atoms with Gasteiger partial charge < -0.3 is 0 Å². The molecule has 0 aliphatic carbocycles. The van der Waals surface area contributed by atoms with Crippen LogP contribution in [0.4, 0.5) is 0 Å². The monoisotopic (exact) mass is 558 g/mol. The molecular weight excluding hydrogens is 542 g/mol. The molecular formula is C15H16BNO3UV. The summed E-state index contributed by atoms with van der Waals surface area (Å²) in [6.45, 7) is 3.79. The summed E-state index contributed by atoms with van der Waals surface area (Å²) in [6.07, 6.45) is 7.90. The molecule has 111 valence electrons. The van der Waals surface area contributed by atoms with Gasteiger partial charge in [0.05, 0.1) is 0 Å². The molecule has 1 atom stereocenters. The quantitative estimate of drug-likeness (QED) is 0.355. The van der Waals surface area contributed by atoms with Crippen LogP contribution in [0.15, 0.2) is 34.2 Å². The number of amides is 2. The number of hydrogen-bond acceptors (Lipinski definition) is 3. The Hall–Kier alpha value is -0.399. The first-order valence-electron chi connectivity index (χ1n) is 7.04. The summed E-state index contributed by atoms with van der Waals surface area (Å²) in [5, 5.41) is 0. The van der Waals surface area contributed by atoms with E-state index in [9.17, 15) is 14.4 Å². The number of nitrogens with zero attached hydrogens (tertiary/aromatic N) is 1. The molecule has 0 bridgehead atoms. The molecule has 0 N–H and O–H groups in total. The van der Waals surface area contributed by atoms with E-state index in [4.69, 9.17) is 0 Å². The van der Waals surface area contributed by atoms with Crippen molar-refractivity contribution in [3.63, 3.8) is 0 Å². The molecule has 0 aromatic rings. The van der Waals surface area contributed by atoms with E-state index < -0.39 is 5.44 Å². The molecule has 0 saturated carbocycles. The van der Waals surface area contributed by atoms with Gasteiger partial charge in [0.25, 0.3) is 0 Å². The molecule has 2 rings (SSSR count). The molecule has 0 aromatic carbocycles. The zero-order chi connectivity index (χ0) is 16.3. The van der Waals surface area contributed by atoms with E-state index in [2.05, 4.69) is 23.8 Å². The van der Waals surface area contributed by atoms with E-state index in [1.165, 1.54) is 22.0 Å². The zero-order valence-electron chi connectivity index (χ0n) is 12.6. The third-order valence-electron chi connectivity index (χ3n) is 3.83. The number of ketones is 1. The van der Waals surface area contributed by atoms with Crippen molar-refractivity contribution in [2.24, 2.45) is 0 Å². The Bertz CT molecular complexity index is 635. The van der Waals surface area contributed by atoms with Gasteiger partial charge in [-0.25, -0.2) is 0 Å². The van der Waals surface area contributed by atoms with Gasteiger partial charge in [-0.15, -0.1) is 0 Å². The van der Waals surface area contributed by atoms with Crippen LogP contribution in [-0.2, 0) is 30.2 Å². The van der Waals surface area contributed by atoms with Crippen LogP contribution in [0.5, 0.6) is 0 Å². The molecule has 0 saturated heterocycles. The van der Waals surface area contributed by atoms with E-state index in [-0.39, 0.29) is 33.4 Å². The van der Waals surface area contributed by atoms with Crippen LogP contribution in [0, 0.1) is 29.2 Å². The molecule has 2 heterocycles. The fraction of sp³-hybridized carbons (Fsp3) is 0.333. The van der Waals surface area contributed by atoms with Crippen LogP contribution in [0.3, 0.4) is 0 Å². The summed E-state index contributed by atoms with van der Waals surface area (Å²) >= 11 is 0.551. The van der Waals surface area contributed by atoms with Crippen LogP contribution in [-0.4, -0.2) is 36.8 Å². The van der Waals surface area contributed by atoms with E-state index in [1.54, 1.807) is 6.92 Å². The minimum absolute atomic E-state index is 0.00448. The van der Waals surface area contributed by atoms with Crippen molar-refractivity contribution in [3.8, 4) is 0 Å². The summed E-state index contributed by atoms with van der Waals surface area (Å²) in [5.41, 5.74) is 0.244. The fourth-order valence-corrected chi connectivity index (χ4v) is 5.51. The van der Waals surface area contributed by atoms with E-state index in [1.807, 2.05) is 0 Å². The molecule has 0 spiro atoms. The Morgan fingerprint density at radius 2 is 2.00 bits per heavy atom. The molecule has 0 aromatic heterocycles. The number of carbonyl (C=O) groups is 3. The summed E-state index contributed by atoms with van der Waals surface area (Å²) in [7, 11) is 0. The minimum atomic E-state index is -0.969. The number of imide groups is 1. The first-order valence-corrected chi connectivity index (χ1v) is 11.5. The third kappa shape index (κ3) is 3.74. The molecule has 2 aliphatic rings. The Balaban J connectivity index is 2.09. The average Bonchev–Trinajstić information content (AvgIpc) is 2.83. The topological polar surface area (TPSA) is 54.5 Å². The van der Waals surface area contributed by atoms with Crippen molar-refractivity contribution >= 4 is 26.4 Å². The van der Waals surface area contributed by atoms with Crippen molar-refractivity contribution in [1.29, 1.82) is 0 Å². The number of carbonyl (C=O) groups excluding carboxylic acids is 3. The van der Waals surface area contributed by atoms with E-state index >= 15 is 0 Å². The Labute approximate surface area is 156 Å². The van der Waals surface area contributed by atoms with E-state index in [0.717, 1.165) is 11.3 Å². The Kier molecular flexibility index (Phi) is 6.08. The predicted molar refractivity (Wildman–Crippen MR) is 78.7 cm³/mol. The van der Waals surface area contributed by atoms with Crippen LogP contribution in [0.25, 0.3) is 0 Å². The van der Waals surface area contributed by atoms with Gasteiger partial charge in [0.15, 0.2) is 0 Å². The molecule has 1 unspecified atom stereocenters. The fourth-order valence-electron chi connectivity index (χ4n) is 2.44. The Morgan fingerprint density at radius 1 is 1.36 bits per heavy atom. The summed E-state index contributed by atoms with van der Waals surface area (Å²) in [5.74, 6) is -0.732. The van der Waals surface area contributed by atoms with Gasteiger partial charge in [-0.2, -0.15) is 0 Å². The standard InChI is InChI=1S/C15H16BNO3.U.V/c1-4-11(2)7-5-6-8-12(18)15(3,16)17-13(19)9-10-14(17)20;;/h1,4,7,9-10,16H,6,8H2,2-3H3;;/q+1;-1;. The average molecular weight is 558 g/mol. The van der Waals surface area contributed by atoms with Gasteiger partial charge in [0.1, 0.15) is 0 Å². The number of allylic oxidation sites excluding steroid dienone is 4. The van der Waals surface area contributed by atoms with Crippen molar-refractivity contribution in [2.45, 2.75) is 32.1 Å². The molecule has 4 nitrogen and oxygen atoms in total. The van der Waals surface area contributed by atoms with Crippen LogP contribution >= 0.6 is 0 Å². The second kappa shape index (κ2) is 7.45. The summed E-state index contributed by atoms with van der Waals surface area (Å²) < 4.78 is 4.11. The SMILES string of the molecule is CC1=C[CH]=[V][C](CCC(=O)C(C)([BH][U])N2C(=O)C=CC2=O)=C1. The normalized spacial score (nSPS) is 19.9. The van der Waals surface area contributed by atoms with Gasteiger partial charge in [-0.05, 0) is 0 Å². The van der Waals surface area contributed by atoms with Gasteiger partial charge in [0.2, 0.25) is 0 Å².